The summed E-state index contributed by atoms with van der Waals surface area (Å²) in [6, 6.07) is 9.42. The van der Waals surface area contributed by atoms with Crippen molar-refractivity contribution in [1.82, 2.24) is 20.9 Å². The number of nitrogens with one attached hydrogen (secondary N) is 4. The predicted molar refractivity (Wildman–Crippen MR) is 163 cm³/mol. The molecule has 0 aliphatic rings. The first-order chi connectivity index (χ1) is 20.5. The fourth-order valence-corrected chi connectivity index (χ4v) is 4.79. The molecule has 0 fully saturated rings. The molecule has 3 rings (SSSR count). The Labute approximate surface area is 250 Å². The standard InChI is InChI=1S/C31H42N6O6/c1-18(2)27(37-28(39)23(33)16-20-17-34-24-8-4-3-7-22(20)24)30(41)35-25(9-5-6-14-32)29(40)36-26(31(42)43)15-19-10-12-21(38)13-11-19/h3-4,7-8,10-13,17-18,23,25-27,34,38H,5-6,9,14-16,32-33H2,1-2H3,(H,35,41)(H,36,40)(H,37,39)(H,42,43). The molecule has 1 aromatic heterocycles. The molecule has 43 heavy (non-hydrogen) atoms. The number of fused-ring (bicyclic) bond motifs is 1. The van der Waals surface area contributed by atoms with Crippen molar-refractivity contribution in [3.8, 4) is 5.75 Å². The highest BCUT2D eigenvalue weighted by Gasteiger charge is 2.32. The molecule has 232 valence electrons. The van der Waals surface area contributed by atoms with Crippen LogP contribution < -0.4 is 27.4 Å². The van der Waals surface area contributed by atoms with Gasteiger partial charge < -0.3 is 42.6 Å². The minimum Gasteiger partial charge on any atom is -0.508 e. The Kier molecular flexibility index (Phi) is 12.1. The third-order valence-corrected chi connectivity index (χ3v) is 7.27. The zero-order valence-electron chi connectivity index (χ0n) is 24.5. The van der Waals surface area contributed by atoms with Crippen molar-refractivity contribution >= 4 is 34.6 Å². The summed E-state index contributed by atoms with van der Waals surface area (Å²) in [7, 11) is 0. The summed E-state index contributed by atoms with van der Waals surface area (Å²) in [4.78, 5) is 54.9. The van der Waals surface area contributed by atoms with Crippen LogP contribution in [0.5, 0.6) is 5.75 Å². The SMILES string of the molecule is CC(C)C(NC(=O)C(N)Cc1c[nH]c2ccccc12)C(=O)NC(CCCCN)C(=O)NC(Cc1ccc(O)cc1)C(=O)O. The molecule has 0 aliphatic carbocycles. The molecule has 4 unspecified atom stereocenters. The van der Waals surface area contributed by atoms with Crippen molar-refractivity contribution < 1.29 is 29.4 Å². The molecule has 0 saturated carbocycles. The molecule has 4 atom stereocenters. The van der Waals surface area contributed by atoms with Crippen LogP contribution >= 0.6 is 0 Å². The topological polar surface area (TPSA) is 213 Å². The van der Waals surface area contributed by atoms with E-state index in [1.54, 1.807) is 32.2 Å². The number of phenolic OH excluding ortho intramolecular Hbond substituents is 1. The van der Waals surface area contributed by atoms with E-state index in [-0.39, 0.29) is 30.9 Å². The first kappa shape index (κ1) is 33.1. The zero-order chi connectivity index (χ0) is 31.5. The van der Waals surface area contributed by atoms with E-state index < -0.39 is 47.9 Å². The minimum atomic E-state index is -1.27. The van der Waals surface area contributed by atoms with Gasteiger partial charge in [-0.25, -0.2) is 4.79 Å². The molecule has 10 N–H and O–H groups in total. The van der Waals surface area contributed by atoms with Crippen LogP contribution in [0.3, 0.4) is 0 Å². The molecular formula is C31H42N6O6. The number of rotatable bonds is 16. The number of nitrogens with two attached hydrogens (primary N) is 2. The van der Waals surface area contributed by atoms with Gasteiger partial charge in [0, 0.05) is 23.5 Å². The van der Waals surface area contributed by atoms with Crippen LogP contribution in [0.4, 0.5) is 0 Å². The number of phenols is 1. The lowest BCUT2D eigenvalue weighted by Crippen LogP contribution is -2.58. The Morgan fingerprint density at radius 2 is 1.53 bits per heavy atom. The van der Waals surface area contributed by atoms with Gasteiger partial charge in [0.25, 0.3) is 0 Å². The highest BCUT2D eigenvalue weighted by molar-refractivity contribution is 5.94. The largest absolute Gasteiger partial charge is 0.508 e. The van der Waals surface area contributed by atoms with Gasteiger partial charge in [0.15, 0.2) is 0 Å². The number of aliphatic carboxylic acids is 1. The quantitative estimate of drug-likeness (QED) is 0.113. The Morgan fingerprint density at radius 1 is 0.860 bits per heavy atom. The smallest absolute Gasteiger partial charge is 0.326 e. The Hall–Kier alpha value is -4.42. The number of unbranched alkanes of at least 4 members (excludes halogenated alkanes) is 1. The maximum atomic E-state index is 13.4. The molecule has 0 spiro atoms. The van der Waals surface area contributed by atoms with E-state index >= 15 is 0 Å². The van der Waals surface area contributed by atoms with Crippen molar-refractivity contribution in [2.24, 2.45) is 17.4 Å². The Balaban J connectivity index is 1.68. The number of aromatic amines is 1. The summed E-state index contributed by atoms with van der Waals surface area (Å²) >= 11 is 0. The van der Waals surface area contributed by atoms with E-state index in [1.165, 1.54) is 12.1 Å². The lowest BCUT2D eigenvalue weighted by Gasteiger charge is -2.27. The number of aromatic nitrogens is 1. The number of H-pyrrole nitrogens is 1. The van der Waals surface area contributed by atoms with E-state index in [1.807, 2.05) is 24.3 Å². The summed E-state index contributed by atoms with van der Waals surface area (Å²) in [5.41, 5.74) is 14.2. The average Bonchev–Trinajstić information content (AvgIpc) is 3.38. The maximum absolute atomic E-state index is 13.4. The van der Waals surface area contributed by atoms with Crippen molar-refractivity contribution in [3.05, 3.63) is 65.9 Å². The maximum Gasteiger partial charge on any atom is 0.326 e. The second-order valence-corrected chi connectivity index (χ2v) is 11.0. The summed E-state index contributed by atoms with van der Waals surface area (Å²) in [6.45, 7) is 3.91. The molecule has 3 aromatic rings. The monoisotopic (exact) mass is 594 g/mol. The number of carboxylic acid groups (broad SMARTS) is 1. The number of carbonyl (C=O) groups is 4. The molecule has 3 amide bonds. The van der Waals surface area contributed by atoms with E-state index in [2.05, 4.69) is 20.9 Å². The van der Waals surface area contributed by atoms with E-state index in [0.717, 1.165) is 16.5 Å². The number of benzene rings is 2. The van der Waals surface area contributed by atoms with Gasteiger partial charge in [0.05, 0.1) is 6.04 Å². The number of carboxylic acids is 1. The molecule has 0 aliphatic heterocycles. The number of para-hydroxylation sites is 1. The van der Waals surface area contributed by atoms with Gasteiger partial charge in [0.1, 0.15) is 23.9 Å². The van der Waals surface area contributed by atoms with Gasteiger partial charge in [-0.3, -0.25) is 14.4 Å². The Morgan fingerprint density at radius 3 is 2.19 bits per heavy atom. The van der Waals surface area contributed by atoms with Gasteiger partial charge in [-0.2, -0.15) is 0 Å². The Bertz CT molecular complexity index is 1390. The first-order valence-electron chi connectivity index (χ1n) is 14.4. The summed E-state index contributed by atoms with van der Waals surface area (Å²) in [6.07, 6.45) is 3.37. The lowest BCUT2D eigenvalue weighted by atomic mass is 10.00. The molecule has 0 radical (unpaired) electrons. The summed E-state index contributed by atoms with van der Waals surface area (Å²) < 4.78 is 0. The van der Waals surface area contributed by atoms with Gasteiger partial charge in [-0.1, -0.05) is 44.2 Å². The van der Waals surface area contributed by atoms with Gasteiger partial charge in [-0.05, 0) is 67.5 Å². The number of hydrogen-bond donors (Lipinski definition) is 8. The van der Waals surface area contributed by atoms with E-state index in [9.17, 15) is 29.4 Å². The van der Waals surface area contributed by atoms with Crippen molar-refractivity contribution in [1.29, 1.82) is 0 Å². The predicted octanol–water partition coefficient (Wildman–Crippen LogP) is 1.31. The van der Waals surface area contributed by atoms with Crippen molar-refractivity contribution in [2.75, 3.05) is 6.54 Å². The second-order valence-electron chi connectivity index (χ2n) is 11.0. The third kappa shape index (κ3) is 9.55. The molecule has 0 bridgehead atoms. The lowest BCUT2D eigenvalue weighted by molar-refractivity contribution is -0.142. The fraction of sp³-hybridized carbons (Fsp3) is 0.419. The number of amides is 3. The minimum absolute atomic E-state index is 0.0240. The highest BCUT2D eigenvalue weighted by atomic mass is 16.4. The molecule has 1 heterocycles. The second kappa shape index (κ2) is 15.7. The number of carbonyl (C=O) groups excluding carboxylic acids is 3. The summed E-state index contributed by atoms with van der Waals surface area (Å²) in [5, 5.41) is 28.2. The highest BCUT2D eigenvalue weighted by Crippen LogP contribution is 2.19. The van der Waals surface area contributed by atoms with Crippen LogP contribution in [-0.4, -0.2) is 69.6 Å². The van der Waals surface area contributed by atoms with Gasteiger partial charge >= 0.3 is 5.97 Å². The molecule has 2 aromatic carbocycles. The molecular weight excluding hydrogens is 552 g/mol. The fourth-order valence-electron chi connectivity index (χ4n) is 4.79. The molecule has 12 nitrogen and oxygen atoms in total. The van der Waals surface area contributed by atoms with Crippen molar-refractivity contribution in [3.63, 3.8) is 0 Å². The first-order valence-corrected chi connectivity index (χ1v) is 14.4. The van der Waals surface area contributed by atoms with Crippen LogP contribution in [0.15, 0.2) is 54.7 Å². The van der Waals surface area contributed by atoms with E-state index in [4.69, 9.17) is 11.5 Å². The van der Waals surface area contributed by atoms with Crippen LogP contribution in [-0.2, 0) is 32.0 Å². The number of hydrogen-bond acceptors (Lipinski definition) is 7. The zero-order valence-corrected chi connectivity index (χ0v) is 24.5. The van der Waals surface area contributed by atoms with Crippen LogP contribution in [0.1, 0.15) is 44.2 Å². The van der Waals surface area contributed by atoms with Crippen LogP contribution in [0.2, 0.25) is 0 Å². The van der Waals surface area contributed by atoms with Crippen LogP contribution in [0.25, 0.3) is 10.9 Å². The summed E-state index contributed by atoms with van der Waals surface area (Å²) in [5.74, 6) is -3.30. The number of aromatic hydroxyl groups is 1. The average molecular weight is 595 g/mol. The molecule has 12 heteroatoms. The normalized spacial score (nSPS) is 14.1. The van der Waals surface area contributed by atoms with Crippen molar-refractivity contribution in [2.45, 2.75) is 70.1 Å². The third-order valence-electron chi connectivity index (χ3n) is 7.27. The molecule has 0 saturated heterocycles. The van der Waals surface area contributed by atoms with E-state index in [0.29, 0.717) is 24.9 Å². The van der Waals surface area contributed by atoms with Gasteiger partial charge in [-0.15, -0.1) is 0 Å². The van der Waals surface area contributed by atoms with Gasteiger partial charge in [0.2, 0.25) is 17.7 Å². The van der Waals surface area contributed by atoms with Crippen LogP contribution in [0, 0.1) is 5.92 Å².